The Hall–Kier alpha value is -4.13. The number of hydrogen-bond acceptors (Lipinski definition) is 6. The van der Waals surface area contributed by atoms with Gasteiger partial charge in [-0.25, -0.2) is 4.98 Å². The van der Waals surface area contributed by atoms with Crippen LogP contribution in [0.4, 0.5) is 0 Å². The Kier molecular flexibility index (Phi) is 5.89. The quantitative estimate of drug-likeness (QED) is 0.428. The van der Waals surface area contributed by atoms with Crippen molar-refractivity contribution >= 4 is 17.1 Å². The minimum Gasteiger partial charge on any atom is -0.493 e. The normalized spacial score (nSPS) is 11.1. The maximum atomic E-state index is 13.3. The maximum absolute atomic E-state index is 13.3. The van der Waals surface area contributed by atoms with Crippen LogP contribution in [0.15, 0.2) is 70.6 Å². The Morgan fingerprint density at radius 2 is 1.56 bits per heavy atom. The number of ether oxygens (including phenoxy) is 3. The molecule has 0 aliphatic rings. The van der Waals surface area contributed by atoms with Crippen LogP contribution in [0.3, 0.4) is 0 Å². The fourth-order valence-corrected chi connectivity index (χ4v) is 3.42. The van der Waals surface area contributed by atoms with Crippen molar-refractivity contribution in [2.45, 2.75) is 6.92 Å². The molecule has 4 aromatic rings. The second-order valence-corrected chi connectivity index (χ2v) is 7.14. The van der Waals surface area contributed by atoms with Gasteiger partial charge in [0.1, 0.15) is 0 Å². The molecular formula is C25H23N3O4. The zero-order valence-corrected chi connectivity index (χ0v) is 18.3. The maximum Gasteiger partial charge on any atom is 0.282 e. The predicted octanol–water partition coefficient (Wildman–Crippen LogP) is 4.28. The third-order valence-electron chi connectivity index (χ3n) is 5.07. The van der Waals surface area contributed by atoms with Gasteiger partial charge in [-0.1, -0.05) is 42.0 Å². The molecule has 3 aromatic carbocycles. The van der Waals surface area contributed by atoms with Crippen molar-refractivity contribution in [1.29, 1.82) is 0 Å². The average Bonchev–Trinajstić information content (AvgIpc) is 2.83. The Morgan fingerprint density at radius 1 is 0.906 bits per heavy atom. The molecule has 162 valence electrons. The van der Waals surface area contributed by atoms with E-state index >= 15 is 0 Å². The molecule has 0 radical (unpaired) electrons. The molecule has 7 heteroatoms. The van der Waals surface area contributed by atoms with Gasteiger partial charge >= 0.3 is 0 Å². The standard InChI is InChI=1S/C25H23N3O4/c1-16-9-11-18(12-10-16)24-27-20-8-6-5-7-19(20)25(29)28(24)26-15-17-13-21(30-2)23(32-4)22(14-17)31-3/h5-15H,1-4H3. The molecule has 4 rings (SSSR count). The first-order valence-electron chi connectivity index (χ1n) is 9.99. The molecule has 32 heavy (non-hydrogen) atoms. The molecule has 0 saturated heterocycles. The largest absolute Gasteiger partial charge is 0.493 e. The van der Waals surface area contributed by atoms with E-state index in [0.717, 1.165) is 11.1 Å². The molecule has 1 heterocycles. The predicted molar refractivity (Wildman–Crippen MR) is 125 cm³/mol. The van der Waals surface area contributed by atoms with E-state index in [1.165, 1.54) is 4.68 Å². The first kappa shape index (κ1) is 21.1. The van der Waals surface area contributed by atoms with Gasteiger partial charge in [0.25, 0.3) is 5.56 Å². The number of hydrogen-bond donors (Lipinski definition) is 0. The number of methoxy groups -OCH3 is 3. The SMILES string of the molecule is COc1cc(C=Nn2c(-c3ccc(C)cc3)nc3ccccc3c2=O)cc(OC)c1OC. The van der Waals surface area contributed by atoms with E-state index in [2.05, 4.69) is 5.10 Å². The number of rotatable bonds is 6. The molecule has 0 bridgehead atoms. The van der Waals surface area contributed by atoms with Crippen molar-refractivity contribution in [3.63, 3.8) is 0 Å². The van der Waals surface area contributed by atoms with Gasteiger partial charge in [0.2, 0.25) is 5.75 Å². The summed E-state index contributed by atoms with van der Waals surface area (Å²) in [6.07, 6.45) is 1.57. The lowest BCUT2D eigenvalue weighted by atomic mass is 10.1. The zero-order valence-electron chi connectivity index (χ0n) is 18.3. The minimum atomic E-state index is -0.255. The van der Waals surface area contributed by atoms with Crippen LogP contribution in [-0.2, 0) is 0 Å². The van der Waals surface area contributed by atoms with E-state index in [4.69, 9.17) is 19.2 Å². The van der Waals surface area contributed by atoms with Crippen LogP contribution in [0.5, 0.6) is 17.2 Å². The van der Waals surface area contributed by atoms with Crippen LogP contribution in [-0.4, -0.2) is 37.2 Å². The second kappa shape index (κ2) is 8.93. The first-order chi connectivity index (χ1) is 15.5. The molecule has 0 amide bonds. The van der Waals surface area contributed by atoms with E-state index in [1.807, 2.05) is 49.4 Å². The molecule has 0 aliphatic heterocycles. The summed E-state index contributed by atoms with van der Waals surface area (Å²) in [5, 5.41) is 4.99. The van der Waals surface area contributed by atoms with Gasteiger partial charge in [0.05, 0.1) is 38.4 Å². The number of fused-ring (bicyclic) bond motifs is 1. The van der Waals surface area contributed by atoms with Crippen LogP contribution in [0.1, 0.15) is 11.1 Å². The molecule has 0 aliphatic carbocycles. The fourth-order valence-electron chi connectivity index (χ4n) is 3.42. The van der Waals surface area contributed by atoms with Crippen molar-refractivity contribution in [2.75, 3.05) is 21.3 Å². The van der Waals surface area contributed by atoms with Crippen LogP contribution in [0.25, 0.3) is 22.3 Å². The van der Waals surface area contributed by atoms with E-state index in [1.54, 1.807) is 45.7 Å². The van der Waals surface area contributed by atoms with Crippen molar-refractivity contribution in [2.24, 2.45) is 5.10 Å². The van der Waals surface area contributed by atoms with E-state index in [0.29, 0.717) is 39.5 Å². The average molecular weight is 429 g/mol. The van der Waals surface area contributed by atoms with Crippen molar-refractivity contribution in [3.05, 3.63) is 82.1 Å². The Bertz CT molecular complexity index is 1330. The summed E-state index contributed by atoms with van der Waals surface area (Å²) in [5.41, 5.74) is 2.95. The van der Waals surface area contributed by atoms with Gasteiger partial charge in [-0.3, -0.25) is 4.79 Å². The molecule has 0 atom stereocenters. The number of nitrogens with zero attached hydrogens (tertiary/aromatic N) is 3. The Morgan fingerprint density at radius 3 is 2.19 bits per heavy atom. The molecule has 0 fully saturated rings. The lowest BCUT2D eigenvalue weighted by molar-refractivity contribution is 0.324. The van der Waals surface area contributed by atoms with Crippen molar-refractivity contribution in [1.82, 2.24) is 9.66 Å². The van der Waals surface area contributed by atoms with Gasteiger partial charge in [0.15, 0.2) is 17.3 Å². The van der Waals surface area contributed by atoms with Crippen molar-refractivity contribution in [3.8, 4) is 28.6 Å². The van der Waals surface area contributed by atoms with E-state index < -0.39 is 0 Å². The van der Waals surface area contributed by atoms with Crippen LogP contribution >= 0.6 is 0 Å². The third-order valence-corrected chi connectivity index (χ3v) is 5.07. The fraction of sp³-hybridized carbons (Fsp3) is 0.160. The highest BCUT2D eigenvalue weighted by Gasteiger charge is 2.14. The number of benzene rings is 3. The van der Waals surface area contributed by atoms with Gasteiger partial charge in [-0.05, 0) is 31.2 Å². The Labute approximate surface area is 185 Å². The summed E-state index contributed by atoms with van der Waals surface area (Å²) in [4.78, 5) is 18.0. The Balaban J connectivity index is 1.90. The summed E-state index contributed by atoms with van der Waals surface area (Å²) in [6, 6.07) is 18.6. The van der Waals surface area contributed by atoms with Gasteiger partial charge in [-0.2, -0.15) is 9.78 Å². The molecular weight excluding hydrogens is 406 g/mol. The van der Waals surface area contributed by atoms with Gasteiger partial charge in [0, 0.05) is 11.1 Å². The number of para-hydroxylation sites is 1. The summed E-state index contributed by atoms with van der Waals surface area (Å²) in [5.74, 6) is 1.93. The van der Waals surface area contributed by atoms with Crippen LogP contribution in [0.2, 0.25) is 0 Å². The third kappa shape index (κ3) is 3.92. The highest BCUT2D eigenvalue weighted by Crippen LogP contribution is 2.37. The lowest BCUT2D eigenvalue weighted by Gasteiger charge is -2.13. The summed E-state index contributed by atoms with van der Waals surface area (Å²) in [6.45, 7) is 2.01. The van der Waals surface area contributed by atoms with E-state index in [9.17, 15) is 4.79 Å². The van der Waals surface area contributed by atoms with Crippen LogP contribution < -0.4 is 19.8 Å². The molecule has 0 unspecified atom stereocenters. The number of aryl methyl sites for hydroxylation is 1. The zero-order chi connectivity index (χ0) is 22.7. The lowest BCUT2D eigenvalue weighted by Crippen LogP contribution is -2.20. The summed E-state index contributed by atoms with van der Waals surface area (Å²) >= 11 is 0. The molecule has 0 saturated carbocycles. The van der Waals surface area contributed by atoms with Gasteiger partial charge < -0.3 is 14.2 Å². The monoisotopic (exact) mass is 429 g/mol. The van der Waals surface area contributed by atoms with Crippen LogP contribution in [0, 0.1) is 6.92 Å². The van der Waals surface area contributed by atoms with Crippen molar-refractivity contribution < 1.29 is 14.2 Å². The minimum absolute atomic E-state index is 0.255. The second-order valence-electron chi connectivity index (χ2n) is 7.14. The van der Waals surface area contributed by atoms with E-state index in [-0.39, 0.29) is 5.56 Å². The molecule has 0 N–H and O–H groups in total. The first-order valence-corrected chi connectivity index (χ1v) is 9.99. The highest BCUT2D eigenvalue weighted by molar-refractivity contribution is 5.83. The molecule has 1 aromatic heterocycles. The number of aromatic nitrogens is 2. The summed E-state index contributed by atoms with van der Waals surface area (Å²) in [7, 11) is 4.64. The van der Waals surface area contributed by atoms with Gasteiger partial charge in [-0.15, -0.1) is 0 Å². The highest BCUT2D eigenvalue weighted by atomic mass is 16.5. The molecule has 0 spiro atoms. The molecule has 7 nitrogen and oxygen atoms in total. The smallest absolute Gasteiger partial charge is 0.282 e. The topological polar surface area (TPSA) is 74.9 Å². The summed E-state index contributed by atoms with van der Waals surface area (Å²) < 4.78 is 17.5.